The van der Waals surface area contributed by atoms with Crippen LogP contribution in [0.3, 0.4) is 0 Å². The maximum atomic E-state index is 12.9. The molecule has 0 spiro atoms. The summed E-state index contributed by atoms with van der Waals surface area (Å²) >= 11 is 5.97. The van der Waals surface area contributed by atoms with Crippen molar-refractivity contribution in [2.24, 2.45) is 0 Å². The van der Waals surface area contributed by atoms with Crippen LogP contribution in [0.2, 0.25) is 5.02 Å². The summed E-state index contributed by atoms with van der Waals surface area (Å²) in [6, 6.07) is 14.0. The minimum absolute atomic E-state index is 0.180. The van der Waals surface area contributed by atoms with Crippen LogP contribution >= 0.6 is 11.6 Å². The van der Waals surface area contributed by atoms with Gasteiger partial charge in [-0.1, -0.05) is 47.5 Å². The second-order valence-corrected chi connectivity index (χ2v) is 8.76. The number of quaternary nitrogens is 1. The van der Waals surface area contributed by atoms with Crippen molar-refractivity contribution in [3.05, 3.63) is 64.7 Å². The standard InChI is InChI=1S/C19H23ClN2O3S/c1-15-5-7-16(8-6-15)19(14-22-9-11-25-12-10-22)21-26(23,24)18-4-2-3-17(20)13-18/h2-8,13,19,21H,9-12,14H2,1H3/p+1/t19-/m1/s1. The van der Waals surface area contributed by atoms with Gasteiger partial charge in [-0.25, -0.2) is 8.42 Å². The van der Waals surface area contributed by atoms with Crippen LogP contribution in [0.15, 0.2) is 53.4 Å². The SMILES string of the molecule is Cc1ccc([C@@H](C[NH+]2CCOCC2)NS(=O)(=O)c2cccc(Cl)c2)cc1. The van der Waals surface area contributed by atoms with E-state index in [-0.39, 0.29) is 10.9 Å². The highest BCUT2D eigenvalue weighted by atomic mass is 35.5. The molecule has 0 unspecified atom stereocenters. The van der Waals surface area contributed by atoms with Crippen LogP contribution in [-0.4, -0.2) is 41.3 Å². The van der Waals surface area contributed by atoms with Gasteiger partial charge in [0.15, 0.2) is 0 Å². The molecule has 26 heavy (non-hydrogen) atoms. The smallest absolute Gasteiger partial charge is 0.241 e. The Morgan fingerprint density at radius 2 is 1.85 bits per heavy atom. The normalized spacial score (nSPS) is 17.2. The molecule has 1 saturated heterocycles. The molecular formula is C19H24ClN2O3S+. The predicted octanol–water partition coefficient (Wildman–Crippen LogP) is 1.58. The summed E-state index contributed by atoms with van der Waals surface area (Å²) in [5.74, 6) is 0. The molecule has 1 fully saturated rings. The average molecular weight is 396 g/mol. The number of aryl methyl sites for hydroxylation is 1. The number of hydrogen-bond donors (Lipinski definition) is 2. The lowest BCUT2D eigenvalue weighted by atomic mass is 10.1. The minimum atomic E-state index is -3.67. The van der Waals surface area contributed by atoms with Gasteiger partial charge in [-0.15, -0.1) is 0 Å². The van der Waals surface area contributed by atoms with Crippen LogP contribution in [0.4, 0.5) is 0 Å². The average Bonchev–Trinajstić information content (AvgIpc) is 2.62. The quantitative estimate of drug-likeness (QED) is 0.780. The van der Waals surface area contributed by atoms with E-state index in [0.717, 1.165) is 24.2 Å². The summed E-state index contributed by atoms with van der Waals surface area (Å²) < 4.78 is 34.0. The van der Waals surface area contributed by atoms with Crippen LogP contribution < -0.4 is 9.62 Å². The molecule has 7 heteroatoms. The number of hydrogen-bond acceptors (Lipinski definition) is 3. The zero-order chi connectivity index (χ0) is 18.6. The molecule has 0 amide bonds. The predicted molar refractivity (Wildman–Crippen MR) is 102 cm³/mol. The topological polar surface area (TPSA) is 59.8 Å². The molecule has 1 aliphatic heterocycles. The Morgan fingerprint density at radius 1 is 1.15 bits per heavy atom. The maximum Gasteiger partial charge on any atom is 0.241 e. The number of morpholine rings is 1. The van der Waals surface area contributed by atoms with Crippen molar-refractivity contribution >= 4 is 21.6 Å². The Bertz CT molecular complexity index is 834. The molecule has 0 bridgehead atoms. The fraction of sp³-hybridized carbons (Fsp3) is 0.368. The molecule has 5 nitrogen and oxygen atoms in total. The molecular weight excluding hydrogens is 372 g/mol. The highest BCUT2D eigenvalue weighted by Crippen LogP contribution is 2.19. The Morgan fingerprint density at radius 3 is 2.50 bits per heavy atom. The van der Waals surface area contributed by atoms with Gasteiger partial charge in [-0.05, 0) is 30.7 Å². The van der Waals surface area contributed by atoms with E-state index in [1.165, 1.54) is 11.0 Å². The highest BCUT2D eigenvalue weighted by molar-refractivity contribution is 7.89. The van der Waals surface area contributed by atoms with Crippen molar-refractivity contribution < 1.29 is 18.1 Å². The molecule has 0 aromatic heterocycles. The molecule has 2 aromatic rings. The molecule has 2 N–H and O–H groups in total. The second-order valence-electron chi connectivity index (χ2n) is 6.61. The van der Waals surface area contributed by atoms with Crippen molar-refractivity contribution in [3.63, 3.8) is 0 Å². The number of ether oxygens (including phenoxy) is 1. The molecule has 2 aromatic carbocycles. The first-order chi connectivity index (χ1) is 12.4. The van der Waals surface area contributed by atoms with Crippen molar-refractivity contribution in [2.75, 3.05) is 32.8 Å². The zero-order valence-corrected chi connectivity index (χ0v) is 16.3. The number of benzene rings is 2. The lowest BCUT2D eigenvalue weighted by Crippen LogP contribution is -3.14. The summed E-state index contributed by atoms with van der Waals surface area (Å²) in [5.41, 5.74) is 2.10. The van der Waals surface area contributed by atoms with Gasteiger partial charge < -0.3 is 9.64 Å². The molecule has 0 radical (unpaired) electrons. The third-order valence-electron chi connectivity index (χ3n) is 4.58. The van der Waals surface area contributed by atoms with Gasteiger partial charge in [0.25, 0.3) is 0 Å². The minimum Gasteiger partial charge on any atom is -0.370 e. The Balaban J connectivity index is 1.85. The molecule has 1 heterocycles. The summed E-state index contributed by atoms with van der Waals surface area (Å²) in [5, 5.41) is 0.401. The molecule has 3 rings (SSSR count). The van der Waals surface area contributed by atoms with E-state index in [1.54, 1.807) is 18.2 Å². The lowest BCUT2D eigenvalue weighted by Gasteiger charge is -2.28. The fourth-order valence-corrected chi connectivity index (χ4v) is 4.59. The largest absolute Gasteiger partial charge is 0.370 e. The number of rotatable bonds is 6. The second kappa shape index (κ2) is 8.50. The molecule has 0 saturated carbocycles. The van der Waals surface area contributed by atoms with Gasteiger partial charge in [0, 0.05) is 5.02 Å². The van der Waals surface area contributed by atoms with Crippen molar-refractivity contribution in [1.29, 1.82) is 0 Å². The summed E-state index contributed by atoms with van der Waals surface area (Å²) in [6.45, 7) is 5.85. The van der Waals surface area contributed by atoms with Crippen molar-refractivity contribution in [1.82, 2.24) is 4.72 Å². The van der Waals surface area contributed by atoms with E-state index < -0.39 is 10.0 Å². The summed E-state index contributed by atoms with van der Waals surface area (Å²) in [7, 11) is -3.67. The van der Waals surface area contributed by atoms with Gasteiger partial charge >= 0.3 is 0 Å². The molecule has 0 aliphatic carbocycles. The zero-order valence-electron chi connectivity index (χ0n) is 14.7. The van der Waals surface area contributed by atoms with Gasteiger partial charge in [0.1, 0.15) is 13.1 Å². The van der Waals surface area contributed by atoms with E-state index in [1.807, 2.05) is 31.2 Å². The van der Waals surface area contributed by atoms with E-state index in [9.17, 15) is 8.42 Å². The van der Waals surface area contributed by atoms with Gasteiger partial charge in [0.2, 0.25) is 10.0 Å². The Labute approximate surface area is 160 Å². The van der Waals surface area contributed by atoms with Crippen molar-refractivity contribution in [3.8, 4) is 0 Å². The molecule has 140 valence electrons. The van der Waals surface area contributed by atoms with Gasteiger partial charge in [0.05, 0.1) is 30.7 Å². The number of sulfonamides is 1. The summed E-state index contributed by atoms with van der Waals surface area (Å²) in [6.07, 6.45) is 0. The van der Waals surface area contributed by atoms with Gasteiger partial charge in [-0.3, -0.25) is 0 Å². The van der Waals surface area contributed by atoms with Crippen LogP contribution in [0.25, 0.3) is 0 Å². The Hall–Kier alpha value is -1.44. The van der Waals surface area contributed by atoms with Crippen LogP contribution in [0.1, 0.15) is 17.2 Å². The van der Waals surface area contributed by atoms with Crippen LogP contribution in [0, 0.1) is 6.92 Å². The third-order valence-corrected chi connectivity index (χ3v) is 6.28. The van der Waals surface area contributed by atoms with E-state index >= 15 is 0 Å². The van der Waals surface area contributed by atoms with E-state index in [2.05, 4.69) is 4.72 Å². The molecule has 1 aliphatic rings. The third kappa shape index (κ3) is 5.05. The monoisotopic (exact) mass is 395 g/mol. The molecule has 1 atom stereocenters. The van der Waals surface area contributed by atoms with Crippen LogP contribution in [-0.2, 0) is 14.8 Å². The summed E-state index contributed by atoms with van der Waals surface area (Å²) in [4.78, 5) is 1.51. The lowest BCUT2D eigenvalue weighted by molar-refractivity contribution is -0.909. The number of nitrogens with one attached hydrogen (secondary N) is 2. The first-order valence-corrected chi connectivity index (χ1v) is 10.6. The first kappa shape index (κ1) is 19.3. The van der Waals surface area contributed by atoms with Crippen molar-refractivity contribution in [2.45, 2.75) is 17.9 Å². The van der Waals surface area contributed by atoms with E-state index in [0.29, 0.717) is 24.8 Å². The Kier molecular flexibility index (Phi) is 6.32. The fourth-order valence-electron chi connectivity index (χ4n) is 3.07. The number of halogens is 1. The first-order valence-electron chi connectivity index (χ1n) is 8.70. The van der Waals surface area contributed by atoms with E-state index in [4.69, 9.17) is 16.3 Å². The highest BCUT2D eigenvalue weighted by Gasteiger charge is 2.26. The van der Waals surface area contributed by atoms with Gasteiger partial charge in [-0.2, -0.15) is 4.72 Å². The maximum absolute atomic E-state index is 12.9. The van der Waals surface area contributed by atoms with Crippen LogP contribution in [0.5, 0.6) is 0 Å².